The number of nitrogens with one attached hydrogen (secondary N) is 2. The highest BCUT2D eigenvalue weighted by Gasteiger charge is 2.16. The fourth-order valence-electron chi connectivity index (χ4n) is 1.62. The van der Waals surface area contributed by atoms with Gasteiger partial charge in [0.15, 0.2) is 11.6 Å². The second-order valence-electron chi connectivity index (χ2n) is 3.88. The van der Waals surface area contributed by atoms with E-state index < -0.39 is 23.4 Å². The Morgan fingerprint density at radius 3 is 2.40 bits per heavy atom. The van der Waals surface area contributed by atoms with Gasteiger partial charge in [-0.05, 0) is 18.2 Å². The smallest absolute Gasteiger partial charge is 0.258 e. The first kappa shape index (κ1) is 13.9. The molecule has 104 valence electrons. The molecule has 1 aromatic heterocycles. The summed E-state index contributed by atoms with van der Waals surface area (Å²) >= 11 is 0. The number of amides is 1. The number of anilines is 2. The summed E-state index contributed by atoms with van der Waals surface area (Å²) in [7, 11) is 1.45. The number of aromatic nitrogens is 1. The highest BCUT2D eigenvalue weighted by atomic mass is 19.1. The van der Waals surface area contributed by atoms with Crippen LogP contribution in [0.2, 0.25) is 0 Å². The normalized spacial score (nSPS) is 10.2. The minimum absolute atomic E-state index is 0.0944. The molecule has 4 nitrogen and oxygen atoms in total. The third-order valence-corrected chi connectivity index (χ3v) is 2.49. The Balaban J connectivity index is 2.28. The lowest BCUT2D eigenvalue weighted by molar-refractivity contribution is 0.102. The highest BCUT2D eigenvalue weighted by molar-refractivity contribution is 6.04. The van der Waals surface area contributed by atoms with Crippen molar-refractivity contribution in [3.8, 4) is 0 Å². The van der Waals surface area contributed by atoms with Crippen LogP contribution in [0.15, 0.2) is 30.5 Å². The Morgan fingerprint density at radius 1 is 1.15 bits per heavy atom. The van der Waals surface area contributed by atoms with Gasteiger partial charge in [0, 0.05) is 25.0 Å². The Bertz CT molecular complexity index is 641. The van der Waals surface area contributed by atoms with Crippen LogP contribution in [0.3, 0.4) is 0 Å². The molecule has 1 aromatic carbocycles. The van der Waals surface area contributed by atoms with E-state index in [4.69, 9.17) is 0 Å². The molecule has 0 unspecified atom stereocenters. The summed E-state index contributed by atoms with van der Waals surface area (Å²) in [6, 6.07) is 3.70. The van der Waals surface area contributed by atoms with Crippen LogP contribution in [-0.2, 0) is 0 Å². The van der Waals surface area contributed by atoms with Crippen molar-refractivity contribution in [2.75, 3.05) is 17.7 Å². The molecule has 2 aromatic rings. The number of hydrogen-bond acceptors (Lipinski definition) is 3. The molecule has 0 saturated carbocycles. The van der Waals surface area contributed by atoms with Crippen molar-refractivity contribution in [2.45, 2.75) is 0 Å². The molecule has 1 amide bonds. The van der Waals surface area contributed by atoms with Crippen LogP contribution in [0.25, 0.3) is 0 Å². The summed E-state index contributed by atoms with van der Waals surface area (Å²) < 4.78 is 39.8. The second-order valence-corrected chi connectivity index (χ2v) is 3.88. The van der Waals surface area contributed by atoms with Gasteiger partial charge in [-0.1, -0.05) is 0 Å². The van der Waals surface area contributed by atoms with Crippen LogP contribution in [-0.4, -0.2) is 17.9 Å². The predicted octanol–water partition coefficient (Wildman–Crippen LogP) is 2.79. The standard InChI is InChI=1S/C13H10F3N3O/c1-17-12-11(16)10(2-3-18-12)13(20)19-9-5-7(14)4-8(15)6-9/h2-6H,1H3,(H,17,18)(H,19,20). The number of nitrogens with zero attached hydrogens (tertiary/aromatic N) is 1. The molecule has 0 aliphatic heterocycles. The summed E-state index contributed by atoms with van der Waals surface area (Å²) in [5.41, 5.74) is -0.385. The van der Waals surface area contributed by atoms with Gasteiger partial charge in [0.05, 0.1) is 5.56 Å². The maximum Gasteiger partial charge on any atom is 0.258 e. The Kier molecular flexibility index (Phi) is 3.88. The van der Waals surface area contributed by atoms with Crippen LogP contribution in [0.5, 0.6) is 0 Å². The van der Waals surface area contributed by atoms with Gasteiger partial charge in [-0.2, -0.15) is 0 Å². The first-order valence-corrected chi connectivity index (χ1v) is 5.61. The van der Waals surface area contributed by atoms with E-state index in [2.05, 4.69) is 15.6 Å². The lowest BCUT2D eigenvalue weighted by atomic mass is 10.2. The summed E-state index contributed by atoms with van der Waals surface area (Å²) in [5.74, 6) is -3.45. The van der Waals surface area contributed by atoms with E-state index in [9.17, 15) is 18.0 Å². The molecule has 0 saturated heterocycles. The van der Waals surface area contributed by atoms with E-state index in [-0.39, 0.29) is 17.1 Å². The zero-order chi connectivity index (χ0) is 14.7. The SMILES string of the molecule is CNc1nccc(C(=O)Nc2cc(F)cc(F)c2)c1F. The average molecular weight is 281 g/mol. The maximum absolute atomic E-state index is 13.9. The number of halogens is 3. The van der Waals surface area contributed by atoms with Crippen molar-refractivity contribution >= 4 is 17.4 Å². The van der Waals surface area contributed by atoms with E-state index in [1.54, 1.807) is 0 Å². The first-order chi connectivity index (χ1) is 9.51. The molecule has 2 N–H and O–H groups in total. The summed E-state index contributed by atoms with van der Waals surface area (Å²) in [4.78, 5) is 15.6. The van der Waals surface area contributed by atoms with Gasteiger partial charge in [-0.25, -0.2) is 18.2 Å². The summed E-state index contributed by atoms with van der Waals surface area (Å²) in [5, 5.41) is 4.70. The molecule has 2 rings (SSSR count). The van der Waals surface area contributed by atoms with E-state index in [0.29, 0.717) is 6.07 Å². The first-order valence-electron chi connectivity index (χ1n) is 5.61. The Labute approximate surface area is 112 Å². The Hall–Kier alpha value is -2.57. The number of pyridine rings is 1. The fraction of sp³-hybridized carbons (Fsp3) is 0.0769. The monoisotopic (exact) mass is 281 g/mol. The molecule has 0 spiro atoms. The number of rotatable bonds is 3. The fourth-order valence-corrected chi connectivity index (χ4v) is 1.62. The van der Waals surface area contributed by atoms with Crippen molar-refractivity contribution < 1.29 is 18.0 Å². The molecule has 0 aliphatic rings. The van der Waals surface area contributed by atoms with Crippen LogP contribution in [0.1, 0.15) is 10.4 Å². The van der Waals surface area contributed by atoms with Crippen molar-refractivity contribution in [1.82, 2.24) is 4.98 Å². The zero-order valence-corrected chi connectivity index (χ0v) is 10.4. The van der Waals surface area contributed by atoms with Gasteiger partial charge in [-0.3, -0.25) is 4.79 Å². The minimum Gasteiger partial charge on any atom is -0.371 e. The molecule has 0 aliphatic carbocycles. The number of hydrogen-bond donors (Lipinski definition) is 2. The van der Waals surface area contributed by atoms with Crippen LogP contribution >= 0.6 is 0 Å². The van der Waals surface area contributed by atoms with E-state index in [1.165, 1.54) is 19.3 Å². The van der Waals surface area contributed by atoms with Crippen molar-refractivity contribution in [3.63, 3.8) is 0 Å². The van der Waals surface area contributed by atoms with Gasteiger partial charge >= 0.3 is 0 Å². The van der Waals surface area contributed by atoms with E-state index in [0.717, 1.165) is 12.1 Å². The molecule has 0 fully saturated rings. The molecule has 0 atom stereocenters. The molecular weight excluding hydrogens is 271 g/mol. The zero-order valence-electron chi connectivity index (χ0n) is 10.4. The predicted molar refractivity (Wildman–Crippen MR) is 68.1 cm³/mol. The van der Waals surface area contributed by atoms with Crippen molar-refractivity contribution in [3.05, 3.63) is 53.5 Å². The molecule has 0 bridgehead atoms. The van der Waals surface area contributed by atoms with Gasteiger partial charge in [0.25, 0.3) is 5.91 Å². The largest absolute Gasteiger partial charge is 0.371 e. The van der Waals surface area contributed by atoms with Gasteiger partial charge < -0.3 is 10.6 Å². The number of carbonyl (C=O) groups excluding carboxylic acids is 1. The van der Waals surface area contributed by atoms with Crippen molar-refractivity contribution in [1.29, 1.82) is 0 Å². The van der Waals surface area contributed by atoms with Gasteiger partial charge in [-0.15, -0.1) is 0 Å². The van der Waals surface area contributed by atoms with E-state index in [1.807, 2.05) is 0 Å². The lowest BCUT2D eigenvalue weighted by Crippen LogP contribution is -2.15. The quantitative estimate of drug-likeness (QED) is 0.909. The maximum atomic E-state index is 13.9. The lowest BCUT2D eigenvalue weighted by Gasteiger charge is -2.08. The van der Waals surface area contributed by atoms with Crippen LogP contribution in [0, 0.1) is 17.5 Å². The molecule has 20 heavy (non-hydrogen) atoms. The van der Waals surface area contributed by atoms with Gasteiger partial charge in [0.2, 0.25) is 0 Å². The third-order valence-electron chi connectivity index (χ3n) is 2.49. The Morgan fingerprint density at radius 2 is 1.80 bits per heavy atom. The molecular formula is C13H10F3N3O. The van der Waals surface area contributed by atoms with E-state index >= 15 is 0 Å². The number of benzene rings is 1. The molecule has 0 radical (unpaired) electrons. The van der Waals surface area contributed by atoms with Crippen LogP contribution in [0.4, 0.5) is 24.7 Å². The summed E-state index contributed by atoms with van der Waals surface area (Å²) in [6.45, 7) is 0. The highest BCUT2D eigenvalue weighted by Crippen LogP contribution is 2.18. The third kappa shape index (κ3) is 2.87. The van der Waals surface area contributed by atoms with Crippen LogP contribution < -0.4 is 10.6 Å². The number of carbonyl (C=O) groups is 1. The topological polar surface area (TPSA) is 54.0 Å². The average Bonchev–Trinajstić information content (AvgIpc) is 2.37. The molecule has 1 heterocycles. The minimum atomic E-state index is -0.843. The van der Waals surface area contributed by atoms with Crippen molar-refractivity contribution in [2.24, 2.45) is 0 Å². The summed E-state index contributed by atoms with van der Waals surface area (Å²) in [6.07, 6.45) is 1.25. The second kappa shape index (κ2) is 5.60. The van der Waals surface area contributed by atoms with Gasteiger partial charge in [0.1, 0.15) is 11.6 Å². The molecule has 7 heteroatoms.